The molecule has 2 nitrogen and oxygen atoms in total. The van der Waals surface area contributed by atoms with E-state index in [-0.39, 0.29) is 0 Å². The minimum absolute atomic E-state index is 0.307. The number of carbonyl (C=O) groups is 1. The molecule has 1 aromatic carbocycles. The molecule has 1 aliphatic rings. The molecule has 1 unspecified atom stereocenters. The summed E-state index contributed by atoms with van der Waals surface area (Å²) in [6, 6.07) is 6.91. The van der Waals surface area contributed by atoms with Crippen LogP contribution in [-0.4, -0.2) is 29.1 Å². The molecule has 0 N–H and O–H groups in total. The minimum atomic E-state index is 0.307. The molecular weight excluding hydrogens is 266 g/mol. The molecule has 110 valence electrons. The zero-order chi connectivity index (χ0) is 14.5. The van der Waals surface area contributed by atoms with E-state index in [4.69, 9.17) is 0 Å². The first-order valence-electron chi connectivity index (χ1n) is 7.61. The van der Waals surface area contributed by atoms with Crippen molar-refractivity contribution in [2.75, 3.05) is 12.3 Å². The van der Waals surface area contributed by atoms with E-state index in [9.17, 15) is 4.79 Å². The fraction of sp³-hybridized carbons (Fsp3) is 0.588. The molecule has 3 heteroatoms. The summed E-state index contributed by atoms with van der Waals surface area (Å²) in [5.74, 6) is 0.877. The summed E-state index contributed by atoms with van der Waals surface area (Å²) in [4.78, 5) is 15.8. The number of aryl methyl sites for hydroxylation is 2. The molecule has 20 heavy (non-hydrogen) atoms. The zero-order valence-corrected chi connectivity index (χ0v) is 13.6. The highest BCUT2D eigenvalue weighted by molar-refractivity contribution is 8.00. The van der Waals surface area contributed by atoms with Gasteiger partial charge in [0.05, 0.1) is 5.75 Å². The molecule has 1 saturated heterocycles. The summed E-state index contributed by atoms with van der Waals surface area (Å²) in [6.07, 6.45) is 4.69. The first kappa shape index (κ1) is 15.4. The second kappa shape index (κ2) is 7.16. The van der Waals surface area contributed by atoms with Crippen molar-refractivity contribution in [2.45, 2.75) is 57.4 Å². The Balaban J connectivity index is 1.94. The smallest absolute Gasteiger partial charge is 0.233 e. The van der Waals surface area contributed by atoms with Crippen LogP contribution in [0.15, 0.2) is 23.1 Å². The van der Waals surface area contributed by atoms with Crippen molar-refractivity contribution in [1.82, 2.24) is 4.90 Å². The Morgan fingerprint density at radius 1 is 1.35 bits per heavy atom. The molecule has 0 radical (unpaired) electrons. The maximum atomic E-state index is 12.4. The molecule has 0 spiro atoms. The number of hydrogen-bond acceptors (Lipinski definition) is 2. The Hall–Kier alpha value is -0.960. The van der Waals surface area contributed by atoms with Crippen LogP contribution in [0.2, 0.25) is 0 Å². The molecule has 1 amide bonds. The summed E-state index contributed by atoms with van der Waals surface area (Å²) >= 11 is 1.68. The molecule has 1 aliphatic heterocycles. The number of piperidine rings is 1. The Morgan fingerprint density at radius 3 is 2.85 bits per heavy atom. The van der Waals surface area contributed by atoms with Crippen LogP contribution in [0.25, 0.3) is 0 Å². The molecule has 1 aromatic rings. The molecule has 1 atom stereocenters. The molecule has 1 heterocycles. The van der Waals surface area contributed by atoms with Gasteiger partial charge in [0, 0.05) is 17.5 Å². The minimum Gasteiger partial charge on any atom is -0.339 e. The van der Waals surface area contributed by atoms with Gasteiger partial charge in [0.15, 0.2) is 0 Å². The lowest BCUT2D eigenvalue weighted by Gasteiger charge is -2.35. The van der Waals surface area contributed by atoms with E-state index in [2.05, 4.69) is 43.9 Å². The van der Waals surface area contributed by atoms with Crippen molar-refractivity contribution in [3.8, 4) is 0 Å². The van der Waals surface area contributed by atoms with E-state index in [0.29, 0.717) is 17.7 Å². The summed E-state index contributed by atoms with van der Waals surface area (Å²) in [5, 5.41) is 0. The fourth-order valence-corrected chi connectivity index (χ4v) is 3.83. The number of amides is 1. The number of benzene rings is 1. The molecule has 0 aliphatic carbocycles. The summed E-state index contributed by atoms with van der Waals surface area (Å²) in [5.41, 5.74) is 2.55. The summed E-state index contributed by atoms with van der Waals surface area (Å²) in [6.45, 7) is 7.36. The molecule has 0 aromatic heterocycles. The highest BCUT2D eigenvalue weighted by Crippen LogP contribution is 2.25. The summed E-state index contributed by atoms with van der Waals surface area (Å²) in [7, 11) is 0. The van der Waals surface area contributed by atoms with Crippen molar-refractivity contribution >= 4 is 17.7 Å². The van der Waals surface area contributed by atoms with Gasteiger partial charge in [-0.1, -0.05) is 24.6 Å². The highest BCUT2D eigenvalue weighted by Gasteiger charge is 2.25. The van der Waals surface area contributed by atoms with Crippen molar-refractivity contribution in [3.63, 3.8) is 0 Å². The van der Waals surface area contributed by atoms with Crippen molar-refractivity contribution < 1.29 is 4.79 Å². The van der Waals surface area contributed by atoms with Crippen LogP contribution in [0.1, 0.15) is 43.7 Å². The van der Waals surface area contributed by atoms with Gasteiger partial charge in [-0.15, -0.1) is 11.8 Å². The van der Waals surface area contributed by atoms with Gasteiger partial charge in [0.2, 0.25) is 5.91 Å². The first-order chi connectivity index (χ1) is 9.61. The van der Waals surface area contributed by atoms with Gasteiger partial charge in [0.1, 0.15) is 0 Å². The van der Waals surface area contributed by atoms with Crippen molar-refractivity contribution in [3.05, 3.63) is 29.3 Å². The van der Waals surface area contributed by atoms with Crippen LogP contribution in [0.3, 0.4) is 0 Å². The van der Waals surface area contributed by atoms with E-state index in [0.717, 1.165) is 19.4 Å². The standard InChI is InChI=1S/C17H25NOS/c1-4-15-7-5-6-10-18(15)17(19)12-20-16-9-8-13(2)11-14(16)3/h8-9,11,15H,4-7,10,12H2,1-3H3. The van der Waals surface area contributed by atoms with Crippen LogP contribution >= 0.6 is 11.8 Å². The Labute approximate surface area is 126 Å². The van der Waals surface area contributed by atoms with Crippen LogP contribution in [0.5, 0.6) is 0 Å². The number of likely N-dealkylation sites (tertiary alicyclic amines) is 1. The van der Waals surface area contributed by atoms with E-state index in [1.54, 1.807) is 11.8 Å². The predicted octanol–water partition coefficient (Wildman–Crippen LogP) is 4.19. The third-order valence-electron chi connectivity index (χ3n) is 4.10. The second-order valence-corrected chi connectivity index (χ2v) is 6.72. The largest absolute Gasteiger partial charge is 0.339 e. The van der Waals surface area contributed by atoms with Crippen LogP contribution < -0.4 is 0 Å². The Kier molecular flexibility index (Phi) is 5.53. The Bertz CT molecular complexity index is 472. The van der Waals surface area contributed by atoms with Gasteiger partial charge in [-0.3, -0.25) is 4.79 Å². The van der Waals surface area contributed by atoms with E-state index < -0.39 is 0 Å². The summed E-state index contributed by atoms with van der Waals surface area (Å²) < 4.78 is 0. The van der Waals surface area contributed by atoms with Gasteiger partial charge < -0.3 is 4.90 Å². The maximum absolute atomic E-state index is 12.4. The number of nitrogens with zero attached hydrogens (tertiary/aromatic N) is 1. The van der Waals surface area contributed by atoms with E-state index in [1.165, 1.54) is 28.9 Å². The second-order valence-electron chi connectivity index (χ2n) is 5.70. The van der Waals surface area contributed by atoms with Gasteiger partial charge >= 0.3 is 0 Å². The maximum Gasteiger partial charge on any atom is 0.233 e. The van der Waals surface area contributed by atoms with Crippen LogP contribution in [0, 0.1) is 13.8 Å². The average molecular weight is 291 g/mol. The van der Waals surface area contributed by atoms with E-state index >= 15 is 0 Å². The number of carbonyl (C=O) groups excluding carboxylic acids is 1. The van der Waals surface area contributed by atoms with Gasteiger partial charge in [-0.05, 0) is 51.2 Å². The number of hydrogen-bond donors (Lipinski definition) is 0. The fourth-order valence-electron chi connectivity index (χ4n) is 2.94. The molecule has 0 saturated carbocycles. The molecular formula is C17H25NOS. The first-order valence-corrected chi connectivity index (χ1v) is 8.60. The quantitative estimate of drug-likeness (QED) is 0.775. The lowest BCUT2D eigenvalue weighted by Crippen LogP contribution is -2.44. The number of thioether (sulfide) groups is 1. The molecule has 1 fully saturated rings. The lowest BCUT2D eigenvalue weighted by atomic mass is 10.0. The van der Waals surface area contributed by atoms with Gasteiger partial charge in [-0.2, -0.15) is 0 Å². The normalized spacial score (nSPS) is 19.1. The average Bonchev–Trinajstić information content (AvgIpc) is 2.46. The van der Waals surface area contributed by atoms with Crippen molar-refractivity contribution in [1.29, 1.82) is 0 Å². The van der Waals surface area contributed by atoms with E-state index in [1.807, 2.05) is 0 Å². The monoisotopic (exact) mass is 291 g/mol. The third-order valence-corrected chi connectivity index (χ3v) is 5.26. The van der Waals surface area contributed by atoms with Crippen LogP contribution in [0.4, 0.5) is 0 Å². The van der Waals surface area contributed by atoms with Crippen LogP contribution in [-0.2, 0) is 4.79 Å². The molecule has 0 bridgehead atoms. The zero-order valence-electron chi connectivity index (χ0n) is 12.8. The van der Waals surface area contributed by atoms with Crippen molar-refractivity contribution in [2.24, 2.45) is 0 Å². The third kappa shape index (κ3) is 3.78. The van der Waals surface area contributed by atoms with Gasteiger partial charge in [-0.25, -0.2) is 0 Å². The highest BCUT2D eigenvalue weighted by atomic mass is 32.2. The number of rotatable bonds is 4. The predicted molar refractivity (Wildman–Crippen MR) is 86.3 cm³/mol. The van der Waals surface area contributed by atoms with Gasteiger partial charge in [0.25, 0.3) is 0 Å². The lowest BCUT2D eigenvalue weighted by molar-refractivity contribution is -0.132. The SMILES string of the molecule is CCC1CCCCN1C(=O)CSc1ccc(C)cc1C. The Morgan fingerprint density at radius 2 is 2.15 bits per heavy atom. The topological polar surface area (TPSA) is 20.3 Å². The molecule has 2 rings (SSSR count).